The minimum atomic E-state index is -0.918. The predicted octanol–water partition coefficient (Wildman–Crippen LogP) is 2.90. The van der Waals surface area contributed by atoms with E-state index in [4.69, 9.17) is 0 Å². The molecule has 5 heteroatoms. The van der Waals surface area contributed by atoms with Gasteiger partial charge in [-0.05, 0) is 63.6 Å². The molecule has 1 N–H and O–H groups in total. The van der Waals surface area contributed by atoms with Gasteiger partial charge in [0, 0.05) is 25.2 Å². The predicted molar refractivity (Wildman–Crippen MR) is 95.6 cm³/mol. The molecule has 2 unspecified atom stereocenters. The van der Waals surface area contributed by atoms with Gasteiger partial charge >= 0.3 is 0 Å². The van der Waals surface area contributed by atoms with Gasteiger partial charge in [-0.15, -0.1) is 0 Å². The van der Waals surface area contributed by atoms with Gasteiger partial charge in [-0.2, -0.15) is 0 Å². The minimum Gasteiger partial charge on any atom is -0.385 e. The maximum Gasteiger partial charge on any atom is 0.237 e. The first-order chi connectivity index (χ1) is 11.9. The average Bonchev–Trinajstić information content (AvgIpc) is 2.57. The van der Waals surface area contributed by atoms with Crippen molar-refractivity contribution in [1.82, 2.24) is 9.80 Å². The highest BCUT2D eigenvalue weighted by atomic mass is 19.1. The molecule has 2 fully saturated rings. The summed E-state index contributed by atoms with van der Waals surface area (Å²) in [5.41, 5.74) is -0.156. The Balaban J connectivity index is 1.57. The minimum absolute atomic E-state index is 0.201. The van der Waals surface area contributed by atoms with Crippen molar-refractivity contribution in [3.63, 3.8) is 0 Å². The lowest BCUT2D eigenvalue weighted by atomic mass is 9.84. The first kappa shape index (κ1) is 18.3. The lowest BCUT2D eigenvalue weighted by Crippen LogP contribution is -2.52. The Bertz CT molecular complexity index is 586. The summed E-state index contributed by atoms with van der Waals surface area (Å²) >= 11 is 0. The number of likely N-dealkylation sites (tertiary alicyclic amines) is 2. The van der Waals surface area contributed by atoms with Gasteiger partial charge in [0.2, 0.25) is 5.91 Å². The molecule has 2 aliphatic rings. The molecule has 2 atom stereocenters. The molecular weight excluding hydrogens is 319 g/mol. The maximum atomic E-state index is 13.1. The Kier molecular flexibility index (Phi) is 5.44. The number of amides is 1. The van der Waals surface area contributed by atoms with Crippen LogP contribution in [0.25, 0.3) is 0 Å². The van der Waals surface area contributed by atoms with Crippen LogP contribution in [0.3, 0.4) is 0 Å². The van der Waals surface area contributed by atoms with Crippen molar-refractivity contribution in [2.45, 2.75) is 63.6 Å². The molecule has 1 aromatic rings. The van der Waals surface area contributed by atoms with E-state index in [1.807, 2.05) is 4.90 Å². The summed E-state index contributed by atoms with van der Waals surface area (Å²) in [7, 11) is 0. The van der Waals surface area contributed by atoms with Gasteiger partial charge in [-0.25, -0.2) is 4.39 Å². The Morgan fingerprint density at radius 3 is 2.28 bits per heavy atom. The van der Waals surface area contributed by atoms with Gasteiger partial charge in [0.05, 0.1) is 12.1 Å². The largest absolute Gasteiger partial charge is 0.385 e. The SMILES string of the molecule is CC1CCCC(C)N1C(=O)CN1CCC(O)(c2ccc(F)cc2)CC1. The van der Waals surface area contributed by atoms with Crippen LogP contribution in [0.15, 0.2) is 24.3 Å². The highest BCUT2D eigenvalue weighted by molar-refractivity contribution is 5.79. The molecular formula is C20H29FN2O2. The van der Waals surface area contributed by atoms with Crippen molar-refractivity contribution in [3.05, 3.63) is 35.6 Å². The van der Waals surface area contributed by atoms with Gasteiger partial charge in [-0.1, -0.05) is 12.1 Å². The standard InChI is InChI=1S/C20H29FN2O2/c1-15-4-3-5-16(2)23(15)19(24)14-22-12-10-20(25,11-13-22)17-6-8-18(21)9-7-17/h6-9,15-16,25H,3-5,10-14H2,1-2H3. The normalized spacial score (nSPS) is 27.3. The third-order valence-electron chi connectivity index (χ3n) is 5.91. The highest BCUT2D eigenvalue weighted by Crippen LogP contribution is 2.33. The number of piperidine rings is 2. The molecule has 0 radical (unpaired) electrons. The van der Waals surface area contributed by atoms with E-state index in [0.717, 1.165) is 18.4 Å². The molecule has 2 saturated heterocycles. The summed E-state index contributed by atoms with van der Waals surface area (Å²) in [6.45, 7) is 6.05. The Morgan fingerprint density at radius 2 is 1.72 bits per heavy atom. The third-order valence-corrected chi connectivity index (χ3v) is 5.91. The van der Waals surface area contributed by atoms with Crippen molar-refractivity contribution < 1.29 is 14.3 Å². The molecule has 0 saturated carbocycles. The van der Waals surface area contributed by atoms with Crippen LogP contribution in [0.5, 0.6) is 0 Å². The molecule has 0 spiro atoms. The Hall–Kier alpha value is -1.46. The van der Waals surface area contributed by atoms with E-state index in [9.17, 15) is 14.3 Å². The number of benzene rings is 1. The average molecular weight is 348 g/mol. The molecule has 1 amide bonds. The van der Waals surface area contributed by atoms with Gasteiger partial charge in [0.25, 0.3) is 0 Å². The quantitative estimate of drug-likeness (QED) is 0.913. The van der Waals surface area contributed by atoms with E-state index in [0.29, 0.717) is 44.6 Å². The zero-order valence-corrected chi connectivity index (χ0v) is 15.2. The fourth-order valence-corrected chi connectivity index (χ4v) is 4.32. The number of carbonyl (C=O) groups is 1. The van der Waals surface area contributed by atoms with E-state index >= 15 is 0 Å². The third kappa shape index (κ3) is 4.04. The molecule has 0 bridgehead atoms. The highest BCUT2D eigenvalue weighted by Gasteiger charge is 2.36. The van der Waals surface area contributed by atoms with E-state index < -0.39 is 5.60 Å². The van der Waals surface area contributed by atoms with Crippen molar-refractivity contribution in [1.29, 1.82) is 0 Å². The fraction of sp³-hybridized carbons (Fsp3) is 0.650. The van der Waals surface area contributed by atoms with Gasteiger partial charge in [-0.3, -0.25) is 9.69 Å². The topological polar surface area (TPSA) is 43.8 Å². The zero-order valence-electron chi connectivity index (χ0n) is 15.2. The summed E-state index contributed by atoms with van der Waals surface area (Å²) in [5.74, 6) is -0.0907. The van der Waals surface area contributed by atoms with E-state index in [2.05, 4.69) is 18.7 Å². The van der Waals surface area contributed by atoms with E-state index in [1.54, 1.807) is 12.1 Å². The summed E-state index contributed by atoms with van der Waals surface area (Å²) in [6.07, 6.45) is 4.50. The molecule has 3 rings (SSSR count). The first-order valence-electron chi connectivity index (χ1n) is 9.41. The van der Waals surface area contributed by atoms with Crippen LogP contribution in [-0.2, 0) is 10.4 Å². The van der Waals surface area contributed by atoms with Crippen LogP contribution in [-0.4, -0.2) is 52.5 Å². The molecule has 2 heterocycles. The van der Waals surface area contributed by atoms with Crippen LogP contribution in [0, 0.1) is 5.82 Å². The second kappa shape index (κ2) is 7.42. The van der Waals surface area contributed by atoms with Crippen molar-refractivity contribution in [2.24, 2.45) is 0 Å². The lowest BCUT2D eigenvalue weighted by Gasteiger charge is -2.42. The molecule has 25 heavy (non-hydrogen) atoms. The summed E-state index contributed by atoms with van der Waals surface area (Å²) in [5, 5.41) is 10.9. The van der Waals surface area contributed by atoms with Crippen molar-refractivity contribution >= 4 is 5.91 Å². The number of halogens is 1. The number of carbonyl (C=O) groups excluding carboxylic acids is 1. The summed E-state index contributed by atoms with van der Waals surface area (Å²) in [4.78, 5) is 16.9. The van der Waals surface area contributed by atoms with Crippen LogP contribution in [0.1, 0.15) is 51.5 Å². The molecule has 2 aliphatic heterocycles. The van der Waals surface area contributed by atoms with Gasteiger partial charge in [0.15, 0.2) is 0 Å². The second-order valence-corrected chi connectivity index (χ2v) is 7.74. The maximum absolute atomic E-state index is 13.1. The van der Waals surface area contributed by atoms with Crippen LogP contribution in [0.2, 0.25) is 0 Å². The number of hydrogen-bond donors (Lipinski definition) is 1. The van der Waals surface area contributed by atoms with Crippen LogP contribution < -0.4 is 0 Å². The number of aliphatic hydroxyl groups is 1. The molecule has 138 valence electrons. The molecule has 0 aliphatic carbocycles. The smallest absolute Gasteiger partial charge is 0.237 e. The van der Waals surface area contributed by atoms with Gasteiger partial charge in [0.1, 0.15) is 5.82 Å². The summed E-state index contributed by atoms with van der Waals surface area (Å²) in [6, 6.07) is 6.74. The molecule has 1 aromatic carbocycles. The van der Waals surface area contributed by atoms with E-state index in [-0.39, 0.29) is 11.7 Å². The number of rotatable bonds is 3. The molecule has 0 aromatic heterocycles. The first-order valence-corrected chi connectivity index (χ1v) is 9.41. The zero-order chi connectivity index (χ0) is 18.0. The summed E-state index contributed by atoms with van der Waals surface area (Å²) < 4.78 is 13.1. The van der Waals surface area contributed by atoms with Crippen LogP contribution in [0.4, 0.5) is 4.39 Å². The lowest BCUT2D eigenvalue weighted by molar-refractivity contribution is -0.139. The van der Waals surface area contributed by atoms with Gasteiger partial charge < -0.3 is 10.0 Å². The van der Waals surface area contributed by atoms with Crippen molar-refractivity contribution in [3.8, 4) is 0 Å². The van der Waals surface area contributed by atoms with Crippen LogP contribution >= 0.6 is 0 Å². The Morgan fingerprint density at radius 1 is 1.16 bits per heavy atom. The molecule has 4 nitrogen and oxygen atoms in total. The van der Waals surface area contributed by atoms with E-state index in [1.165, 1.54) is 18.6 Å². The second-order valence-electron chi connectivity index (χ2n) is 7.74. The number of hydrogen-bond acceptors (Lipinski definition) is 3. The monoisotopic (exact) mass is 348 g/mol. The fourth-order valence-electron chi connectivity index (χ4n) is 4.32. The van der Waals surface area contributed by atoms with Crippen molar-refractivity contribution in [2.75, 3.05) is 19.6 Å². The Labute approximate surface area is 149 Å². The number of nitrogens with zero attached hydrogens (tertiary/aromatic N) is 2.